The van der Waals surface area contributed by atoms with Crippen molar-refractivity contribution in [1.82, 2.24) is 4.57 Å². The molecule has 0 aliphatic carbocycles. The van der Waals surface area contributed by atoms with E-state index in [4.69, 9.17) is 0 Å². The fraction of sp³-hybridized carbons (Fsp3) is 0.333. The summed E-state index contributed by atoms with van der Waals surface area (Å²) in [6.45, 7) is 3.86. The average molecular weight is 165 g/mol. The standard InChI is InChI=1S/C9H11NO2/c1-7(2)10-8(5-11)3-4-9(10)6-12/h3-7H,1-2H3. The zero-order chi connectivity index (χ0) is 9.14. The van der Waals surface area contributed by atoms with Gasteiger partial charge >= 0.3 is 0 Å². The lowest BCUT2D eigenvalue weighted by atomic mass is 10.3. The van der Waals surface area contributed by atoms with Crippen LogP contribution in [0.25, 0.3) is 0 Å². The van der Waals surface area contributed by atoms with Crippen LogP contribution in [-0.4, -0.2) is 17.1 Å². The number of hydrogen-bond donors (Lipinski definition) is 0. The van der Waals surface area contributed by atoms with E-state index in [9.17, 15) is 9.59 Å². The third-order valence-corrected chi connectivity index (χ3v) is 1.74. The highest BCUT2D eigenvalue weighted by Crippen LogP contribution is 2.12. The molecule has 1 aromatic heterocycles. The second-order valence-electron chi connectivity index (χ2n) is 2.88. The Morgan fingerprint density at radius 1 is 1.17 bits per heavy atom. The molecule has 0 N–H and O–H groups in total. The van der Waals surface area contributed by atoms with Gasteiger partial charge in [-0.2, -0.15) is 0 Å². The second-order valence-corrected chi connectivity index (χ2v) is 2.88. The smallest absolute Gasteiger partial charge is 0.166 e. The van der Waals surface area contributed by atoms with Crippen molar-refractivity contribution in [3.63, 3.8) is 0 Å². The van der Waals surface area contributed by atoms with Gasteiger partial charge in [0.15, 0.2) is 12.6 Å². The maximum Gasteiger partial charge on any atom is 0.166 e. The zero-order valence-electron chi connectivity index (χ0n) is 7.15. The lowest BCUT2D eigenvalue weighted by molar-refractivity contribution is 0.110. The fourth-order valence-electron chi connectivity index (χ4n) is 1.27. The van der Waals surface area contributed by atoms with Gasteiger partial charge in [0.1, 0.15) is 0 Å². The molecule has 0 spiro atoms. The first-order chi connectivity index (χ1) is 5.70. The Balaban J connectivity index is 3.25. The molecule has 64 valence electrons. The van der Waals surface area contributed by atoms with E-state index in [1.165, 1.54) is 0 Å². The molecular formula is C9H11NO2. The van der Waals surface area contributed by atoms with E-state index in [2.05, 4.69) is 0 Å². The number of carbonyl (C=O) groups excluding carboxylic acids is 2. The maximum absolute atomic E-state index is 10.5. The summed E-state index contributed by atoms with van der Waals surface area (Å²) in [5, 5.41) is 0. The zero-order valence-corrected chi connectivity index (χ0v) is 7.15. The van der Waals surface area contributed by atoms with E-state index in [0.717, 1.165) is 12.6 Å². The molecule has 1 rings (SSSR count). The molecule has 0 saturated carbocycles. The van der Waals surface area contributed by atoms with Crippen molar-refractivity contribution in [3.05, 3.63) is 23.5 Å². The molecule has 0 radical (unpaired) electrons. The Morgan fingerprint density at radius 3 is 1.83 bits per heavy atom. The molecular weight excluding hydrogens is 154 g/mol. The van der Waals surface area contributed by atoms with Crippen LogP contribution in [0, 0.1) is 0 Å². The summed E-state index contributed by atoms with van der Waals surface area (Å²) in [5.41, 5.74) is 1.10. The van der Waals surface area contributed by atoms with E-state index in [-0.39, 0.29) is 6.04 Å². The Morgan fingerprint density at radius 2 is 1.58 bits per heavy atom. The number of carbonyl (C=O) groups is 2. The van der Waals surface area contributed by atoms with Crippen LogP contribution in [0.3, 0.4) is 0 Å². The van der Waals surface area contributed by atoms with Crippen LogP contribution in [0.1, 0.15) is 40.9 Å². The number of rotatable bonds is 3. The fourth-order valence-corrected chi connectivity index (χ4v) is 1.27. The molecule has 3 nitrogen and oxygen atoms in total. The minimum atomic E-state index is 0.139. The summed E-state index contributed by atoms with van der Waals surface area (Å²) in [6, 6.07) is 3.44. The average Bonchev–Trinajstić information content (AvgIpc) is 2.46. The van der Waals surface area contributed by atoms with Crippen LogP contribution in [0.5, 0.6) is 0 Å². The second kappa shape index (κ2) is 3.34. The number of nitrogens with zero attached hydrogens (tertiary/aromatic N) is 1. The van der Waals surface area contributed by atoms with Crippen molar-refractivity contribution < 1.29 is 9.59 Å². The highest BCUT2D eigenvalue weighted by atomic mass is 16.1. The van der Waals surface area contributed by atoms with E-state index in [1.807, 2.05) is 13.8 Å². The molecule has 0 fully saturated rings. The topological polar surface area (TPSA) is 39.1 Å². The van der Waals surface area contributed by atoms with Crippen molar-refractivity contribution in [1.29, 1.82) is 0 Å². The van der Waals surface area contributed by atoms with E-state index < -0.39 is 0 Å². The SMILES string of the molecule is CC(C)n1c(C=O)ccc1C=O. The van der Waals surface area contributed by atoms with Crippen LogP contribution in [0.4, 0.5) is 0 Å². The molecule has 0 saturated heterocycles. The summed E-state index contributed by atoms with van der Waals surface area (Å²) in [5.74, 6) is 0. The van der Waals surface area contributed by atoms with Crippen LogP contribution < -0.4 is 0 Å². The molecule has 1 heterocycles. The summed E-state index contributed by atoms with van der Waals surface area (Å²) < 4.78 is 1.71. The summed E-state index contributed by atoms with van der Waals surface area (Å²) in [4.78, 5) is 21.0. The third-order valence-electron chi connectivity index (χ3n) is 1.74. The normalized spacial score (nSPS) is 10.2. The summed E-state index contributed by atoms with van der Waals surface area (Å²) >= 11 is 0. The van der Waals surface area contributed by atoms with Gasteiger partial charge in [-0.15, -0.1) is 0 Å². The number of aromatic nitrogens is 1. The van der Waals surface area contributed by atoms with Gasteiger partial charge in [-0.1, -0.05) is 0 Å². The van der Waals surface area contributed by atoms with Crippen LogP contribution >= 0.6 is 0 Å². The third kappa shape index (κ3) is 1.30. The van der Waals surface area contributed by atoms with Gasteiger partial charge in [0, 0.05) is 6.04 Å². The highest BCUT2D eigenvalue weighted by Gasteiger charge is 2.08. The first-order valence-electron chi connectivity index (χ1n) is 3.82. The number of hydrogen-bond acceptors (Lipinski definition) is 2. The minimum absolute atomic E-state index is 0.139. The lowest BCUT2D eigenvalue weighted by Crippen LogP contribution is -2.08. The molecule has 0 amide bonds. The molecule has 0 bridgehead atoms. The van der Waals surface area contributed by atoms with Crippen molar-refractivity contribution in [3.8, 4) is 0 Å². The monoisotopic (exact) mass is 165 g/mol. The van der Waals surface area contributed by atoms with Crippen LogP contribution in [-0.2, 0) is 0 Å². The van der Waals surface area contributed by atoms with Gasteiger partial charge in [-0.3, -0.25) is 9.59 Å². The van der Waals surface area contributed by atoms with Gasteiger partial charge in [0.25, 0.3) is 0 Å². The molecule has 0 atom stereocenters. The Bertz CT molecular complexity index is 274. The van der Waals surface area contributed by atoms with Gasteiger partial charge in [0.2, 0.25) is 0 Å². The summed E-state index contributed by atoms with van der Waals surface area (Å²) in [7, 11) is 0. The maximum atomic E-state index is 10.5. The minimum Gasteiger partial charge on any atom is -0.334 e. The van der Waals surface area contributed by atoms with Crippen LogP contribution in [0.2, 0.25) is 0 Å². The van der Waals surface area contributed by atoms with E-state index in [1.54, 1.807) is 16.7 Å². The van der Waals surface area contributed by atoms with E-state index in [0.29, 0.717) is 11.4 Å². The molecule has 0 aliphatic rings. The molecule has 12 heavy (non-hydrogen) atoms. The first-order valence-corrected chi connectivity index (χ1v) is 3.82. The van der Waals surface area contributed by atoms with Gasteiger partial charge in [-0.05, 0) is 26.0 Å². The predicted octanol–water partition coefficient (Wildman–Crippen LogP) is 1.69. The van der Waals surface area contributed by atoms with Gasteiger partial charge in [0.05, 0.1) is 11.4 Å². The lowest BCUT2D eigenvalue weighted by Gasteiger charge is -2.11. The highest BCUT2D eigenvalue weighted by molar-refractivity contribution is 5.79. The first kappa shape index (κ1) is 8.71. The molecule has 0 unspecified atom stereocenters. The molecule has 1 aromatic rings. The Labute approximate surface area is 71.0 Å². The Kier molecular flexibility index (Phi) is 2.43. The van der Waals surface area contributed by atoms with Crippen molar-refractivity contribution >= 4 is 12.6 Å². The van der Waals surface area contributed by atoms with Crippen molar-refractivity contribution in [2.24, 2.45) is 0 Å². The van der Waals surface area contributed by atoms with Crippen LogP contribution in [0.15, 0.2) is 12.1 Å². The summed E-state index contributed by atoms with van der Waals surface area (Å²) in [6.07, 6.45) is 1.51. The van der Waals surface area contributed by atoms with Gasteiger partial charge < -0.3 is 4.57 Å². The van der Waals surface area contributed by atoms with Gasteiger partial charge in [-0.25, -0.2) is 0 Å². The predicted molar refractivity (Wildman–Crippen MR) is 45.6 cm³/mol. The molecule has 3 heteroatoms. The van der Waals surface area contributed by atoms with Crippen molar-refractivity contribution in [2.45, 2.75) is 19.9 Å². The quantitative estimate of drug-likeness (QED) is 0.639. The van der Waals surface area contributed by atoms with Crippen molar-refractivity contribution in [2.75, 3.05) is 0 Å². The molecule has 0 aliphatic heterocycles. The molecule has 0 aromatic carbocycles. The Hall–Kier alpha value is -1.38. The van der Waals surface area contributed by atoms with E-state index >= 15 is 0 Å². The largest absolute Gasteiger partial charge is 0.334 e. The number of aldehydes is 2.